The molecule has 0 aliphatic heterocycles. The third-order valence-corrected chi connectivity index (χ3v) is 8.28. The van der Waals surface area contributed by atoms with E-state index in [-0.39, 0.29) is 29.6 Å². The van der Waals surface area contributed by atoms with Gasteiger partial charge in [0.15, 0.2) is 5.75 Å². The molecule has 2 aromatic carbocycles. The highest BCUT2D eigenvalue weighted by atomic mass is 35.5. The van der Waals surface area contributed by atoms with Gasteiger partial charge in [0.2, 0.25) is 0 Å². The molecule has 12 nitrogen and oxygen atoms in total. The Morgan fingerprint density at radius 2 is 1.64 bits per heavy atom. The summed E-state index contributed by atoms with van der Waals surface area (Å²) in [4.78, 5) is 37.1. The number of hydrogen-bond donors (Lipinski definition) is 5. The molecule has 0 spiro atoms. The van der Waals surface area contributed by atoms with Gasteiger partial charge in [0, 0.05) is 30.7 Å². The number of nitrogens with one attached hydrogen (secondary N) is 5. The van der Waals surface area contributed by atoms with E-state index in [1.807, 2.05) is 0 Å². The number of alkyl carbamates (subject to hydrolysis) is 1. The van der Waals surface area contributed by atoms with E-state index in [2.05, 4.69) is 26.0 Å². The van der Waals surface area contributed by atoms with Crippen LogP contribution in [0.25, 0.3) is 0 Å². The van der Waals surface area contributed by atoms with E-state index in [1.165, 1.54) is 25.3 Å². The monoisotopic (exact) mass is 651 g/mol. The molecule has 0 bridgehead atoms. The van der Waals surface area contributed by atoms with Gasteiger partial charge in [0.25, 0.3) is 15.9 Å². The molecular weight excluding hydrogens is 610 g/mol. The van der Waals surface area contributed by atoms with Gasteiger partial charge in [-0.15, -0.1) is 0 Å². The molecule has 0 unspecified atom stereocenters. The van der Waals surface area contributed by atoms with Crippen LogP contribution >= 0.6 is 11.6 Å². The number of urea groups is 1. The molecule has 0 radical (unpaired) electrons. The first kappa shape index (κ1) is 34.8. The first-order valence-corrected chi connectivity index (χ1v) is 16.4. The molecule has 1 aliphatic carbocycles. The first-order chi connectivity index (χ1) is 20.8. The molecule has 1 saturated carbocycles. The Hall–Kier alpha value is -3.71. The Bertz CT molecular complexity index is 1410. The number of anilines is 1. The largest absolute Gasteiger partial charge is 0.494 e. The van der Waals surface area contributed by atoms with Gasteiger partial charge in [-0.2, -0.15) is 0 Å². The van der Waals surface area contributed by atoms with Crippen LogP contribution in [0.4, 0.5) is 15.3 Å². The maximum Gasteiger partial charge on any atom is 0.407 e. The second kappa shape index (κ2) is 15.8. The van der Waals surface area contributed by atoms with Crippen molar-refractivity contribution in [2.75, 3.05) is 32.1 Å². The van der Waals surface area contributed by atoms with Crippen LogP contribution in [0.3, 0.4) is 0 Å². The van der Waals surface area contributed by atoms with E-state index >= 15 is 0 Å². The summed E-state index contributed by atoms with van der Waals surface area (Å²) in [5, 5.41) is 11.6. The van der Waals surface area contributed by atoms with Gasteiger partial charge in [0.05, 0.1) is 23.3 Å². The quantitative estimate of drug-likeness (QED) is 0.208. The third kappa shape index (κ3) is 11.1. The van der Waals surface area contributed by atoms with Crippen LogP contribution in [-0.4, -0.2) is 64.8 Å². The van der Waals surface area contributed by atoms with Crippen LogP contribution in [0.1, 0.15) is 68.8 Å². The molecule has 4 amide bonds. The summed E-state index contributed by atoms with van der Waals surface area (Å²) in [7, 11) is -2.59. The standard InChI is InChI=1S/C30H42ClN5O7S/c1-30(2,3)43-29(39)34-17-16-32-25-19-21(31)18-24(26(25)42-4)27(37)33-15-14-20-10-12-23(13-11-20)44(40,41)36-28(38)35-22-8-6-5-7-9-22/h10-13,18-19,22,32H,5-9,14-17H2,1-4H3,(H,33,37)(H,34,39)(H2,35,36,38). The van der Waals surface area contributed by atoms with E-state index < -0.39 is 33.7 Å². The predicted molar refractivity (Wildman–Crippen MR) is 169 cm³/mol. The Morgan fingerprint density at radius 1 is 0.955 bits per heavy atom. The van der Waals surface area contributed by atoms with Crippen LogP contribution in [0.15, 0.2) is 41.3 Å². The van der Waals surface area contributed by atoms with Crippen LogP contribution < -0.4 is 30.7 Å². The molecule has 3 rings (SSSR count). The van der Waals surface area contributed by atoms with Crippen molar-refractivity contribution in [1.82, 2.24) is 20.7 Å². The number of methoxy groups -OCH3 is 1. The molecule has 2 aromatic rings. The summed E-state index contributed by atoms with van der Waals surface area (Å²) in [6.45, 7) is 6.16. The average Bonchev–Trinajstić information content (AvgIpc) is 2.94. The minimum Gasteiger partial charge on any atom is -0.494 e. The normalized spacial score (nSPS) is 13.8. The lowest BCUT2D eigenvalue weighted by molar-refractivity contribution is 0.0529. The zero-order chi connectivity index (χ0) is 32.3. The minimum atomic E-state index is -4.02. The summed E-state index contributed by atoms with van der Waals surface area (Å²) in [5.41, 5.74) is 0.884. The number of rotatable bonds is 12. The van der Waals surface area contributed by atoms with Gasteiger partial charge in [-0.1, -0.05) is 43.0 Å². The zero-order valence-corrected chi connectivity index (χ0v) is 27.1. The fraction of sp³-hybridized carbons (Fsp3) is 0.500. The predicted octanol–water partition coefficient (Wildman–Crippen LogP) is 4.58. The molecule has 5 N–H and O–H groups in total. The molecule has 44 heavy (non-hydrogen) atoms. The number of ether oxygens (including phenoxy) is 2. The number of benzene rings is 2. The molecular formula is C30H42ClN5O7S. The van der Waals surface area contributed by atoms with Crippen molar-refractivity contribution in [2.24, 2.45) is 0 Å². The average molecular weight is 652 g/mol. The highest BCUT2D eigenvalue weighted by Gasteiger charge is 2.22. The third-order valence-electron chi connectivity index (χ3n) is 6.71. The number of carbonyl (C=O) groups is 3. The van der Waals surface area contributed by atoms with Crippen LogP contribution in [0.5, 0.6) is 5.75 Å². The van der Waals surface area contributed by atoms with Crippen molar-refractivity contribution < 1.29 is 32.3 Å². The number of hydrogen-bond acceptors (Lipinski definition) is 8. The Balaban J connectivity index is 1.51. The van der Waals surface area contributed by atoms with Crippen LogP contribution in [0, 0.1) is 0 Å². The molecule has 14 heteroatoms. The van der Waals surface area contributed by atoms with Crippen molar-refractivity contribution in [3.63, 3.8) is 0 Å². The molecule has 0 saturated heterocycles. The van der Waals surface area contributed by atoms with E-state index in [9.17, 15) is 22.8 Å². The zero-order valence-electron chi connectivity index (χ0n) is 25.5. The SMILES string of the molecule is COc1c(NCCNC(=O)OC(C)(C)C)cc(Cl)cc1C(=O)NCCc1ccc(S(=O)(=O)NC(=O)NC2CCCCC2)cc1. The van der Waals surface area contributed by atoms with E-state index in [4.69, 9.17) is 21.1 Å². The molecule has 0 atom stereocenters. The van der Waals surface area contributed by atoms with Gasteiger partial charge >= 0.3 is 12.1 Å². The van der Waals surface area contributed by atoms with Gasteiger partial charge in [0.1, 0.15) is 5.60 Å². The van der Waals surface area contributed by atoms with E-state index in [0.717, 1.165) is 37.7 Å². The smallest absolute Gasteiger partial charge is 0.407 e. The summed E-state index contributed by atoms with van der Waals surface area (Å²) >= 11 is 6.28. The number of carbonyl (C=O) groups excluding carboxylic acids is 3. The van der Waals surface area contributed by atoms with Crippen molar-refractivity contribution >= 4 is 45.3 Å². The van der Waals surface area contributed by atoms with E-state index in [0.29, 0.717) is 29.4 Å². The number of halogens is 1. The van der Waals surface area contributed by atoms with Gasteiger partial charge in [-0.25, -0.2) is 22.7 Å². The molecule has 0 heterocycles. The summed E-state index contributed by atoms with van der Waals surface area (Å²) in [6, 6.07) is 8.48. The lowest BCUT2D eigenvalue weighted by Crippen LogP contribution is -2.45. The topological polar surface area (TPSA) is 164 Å². The van der Waals surface area contributed by atoms with E-state index in [1.54, 1.807) is 39.0 Å². The lowest BCUT2D eigenvalue weighted by atomic mass is 9.96. The van der Waals surface area contributed by atoms with Crippen LogP contribution in [-0.2, 0) is 21.2 Å². The second-order valence-corrected chi connectivity index (χ2v) is 13.6. The Kier molecular flexibility index (Phi) is 12.5. The van der Waals surface area contributed by atoms with Gasteiger partial charge in [-0.3, -0.25) is 4.79 Å². The highest BCUT2D eigenvalue weighted by Crippen LogP contribution is 2.32. The van der Waals surface area contributed by atoms with Crippen LogP contribution in [0.2, 0.25) is 5.02 Å². The molecule has 242 valence electrons. The second-order valence-electron chi connectivity index (χ2n) is 11.5. The van der Waals surface area contributed by atoms with Crippen molar-refractivity contribution in [3.05, 3.63) is 52.5 Å². The number of amides is 4. The van der Waals surface area contributed by atoms with Crippen molar-refractivity contribution in [1.29, 1.82) is 0 Å². The van der Waals surface area contributed by atoms with Crippen molar-refractivity contribution in [3.8, 4) is 5.75 Å². The highest BCUT2D eigenvalue weighted by molar-refractivity contribution is 7.90. The Labute approximate surface area is 264 Å². The lowest BCUT2D eigenvalue weighted by Gasteiger charge is -2.22. The van der Waals surface area contributed by atoms with Crippen molar-refractivity contribution in [2.45, 2.75) is 75.8 Å². The first-order valence-electron chi connectivity index (χ1n) is 14.6. The minimum absolute atomic E-state index is 0.0145. The molecule has 1 aliphatic rings. The number of sulfonamides is 1. The fourth-order valence-electron chi connectivity index (χ4n) is 4.68. The van der Waals surface area contributed by atoms with Gasteiger partial charge in [-0.05, 0) is 69.9 Å². The summed E-state index contributed by atoms with van der Waals surface area (Å²) in [6.07, 6.45) is 4.72. The molecule has 1 fully saturated rings. The Morgan fingerprint density at radius 3 is 2.27 bits per heavy atom. The molecule has 0 aromatic heterocycles. The summed E-state index contributed by atoms with van der Waals surface area (Å²) < 4.78 is 38.1. The fourth-order valence-corrected chi connectivity index (χ4v) is 5.82. The summed E-state index contributed by atoms with van der Waals surface area (Å²) in [5.74, 6) is -0.120. The maximum atomic E-state index is 13.0. The van der Waals surface area contributed by atoms with Gasteiger partial charge < -0.3 is 30.7 Å². The maximum absolute atomic E-state index is 13.0.